The van der Waals surface area contributed by atoms with E-state index in [1.165, 1.54) is 12.1 Å². The molecule has 0 saturated carbocycles. The van der Waals surface area contributed by atoms with Crippen LogP contribution in [0.5, 0.6) is 0 Å². The fourth-order valence-corrected chi connectivity index (χ4v) is 1.32. The van der Waals surface area contributed by atoms with Crippen molar-refractivity contribution in [1.29, 1.82) is 0 Å². The molecule has 2 heterocycles. The number of rotatable bonds is 4. The number of nitrogens with zero attached hydrogens (tertiary/aromatic N) is 2. The van der Waals surface area contributed by atoms with Crippen molar-refractivity contribution in [1.82, 2.24) is 9.97 Å². The zero-order valence-corrected chi connectivity index (χ0v) is 14.2. The van der Waals surface area contributed by atoms with Crippen molar-refractivity contribution in [3.8, 4) is 0 Å². The fraction of sp³-hybridized carbons (Fsp3) is 0. The zero-order valence-electron chi connectivity index (χ0n) is 12.1. The molecule has 0 aliphatic heterocycles. The summed E-state index contributed by atoms with van der Waals surface area (Å²) in [6.45, 7) is 0. The summed E-state index contributed by atoms with van der Waals surface area (Å²) in [5.41, 5.74) is -1.68. The van der Waals surface area contributed by atoms with Crippen molar-refractivity contribution in [2.75, 3.05) is 0 Å². The second kappa shape index (κ2) is 9.77. The summed E-state index contributed by atoms with van der Waals surface area (Å²) in [5.74, 6) is -6.06. The first-order valence-electron chi connectivity index (χ1n) is 6.02. The van der Waals surface area contributed by atoms with Crippen LogP contribution in [0.4, 0.5) is 0 Å². The van der Waals surface area contributed by atoms with Crippen molar-refractivity contribution in [3.05, 3.63) is 59.2 Å². The number of carboxylic acid groups (broad SMARTS) is 4. The van der Waals surface area contributed by atoms with E-state index in [4.69, 9.17) is 0 Å². The SMILES string of the molecule is O=C([O-])c1cccc(C(=O)[O-])n1.O=C([O-])c1cccc(C(=O)[O-])n1.[Ge+4]. The second-order valence-corrected chi connectivity index (χ2v) is 3.97. The molecule has 0 bridgehead atoms. The van der Waals surface area contributed by atoms with Gasteiger partial charge in [-0.05, 0) is 24.3 Å². The van der Waals surface area contributed by atoms with Crippen LogP contribution in [-0.2, 0) is 0 Å². The summed E-state index contributed by atoms with van der Waals surface area (Å²) in [4.78, 5) is 47.3. The molecule has 2 aromatic heterocycles. The Labute approximate surface area is 150 Å². The van der Waals surface area contributed by atoms with Crippen molar-refractivity contribution in [3.63, 3.8) is 0 Å². The third kappa shape index (κ3) is 6.78. The number of carbonyl (C=O) groups excluding carboxylic acids is 4. The first-order chi connectivity index (χ1) is 11.2. The predicted molar refractivity (Wildman–Crippen MR) is 71.6 cm³/mol. The normalized spacial score (nSPS) is 8.96. The van der Waals surface area contributed by atoms with Gasteiger partial charge in [-0.25, -0.2) is 9.97 Å². The molecule has 2 aromatic rings. The van der Waals surface area contributed by atoms with Crippen LogP contribution >= 0.6 is 0 Å². The third-order valence-electron chi connectivity index (χ3n) is 2.33. The molecule has 124 valence electrons. The molecule has 0 amide bonds. The summed E-state index contributed by atoms with van der Waals surface area (Å²) >= 11 is 0. The zero-order chi connectivity index (χ0) is 18.3. The van der Waals surface area contributed by atoms with Crippen molar-refractivity contribution in [2.24, 2.45) is 0 Å². The maximum Gasteiger partial charge on any atom is 4.00 e. The minimum atomic E-state index is -1.52. The van der Waals surface area contributed by atoms with Gasteiger partial charge in [0.2, 0.25) is 0 Å². The van der Waals surface area contributed by atoms with Gasteiger partial charge in [0.1, 0.15) is 0 Å². The van der Waals surface area contributed by atoms with E-state index < -0.39 is 46.7 Å². The van der Waals surface area contributed by atoms with Crippen LogP contribution in [-0.4, -0.2) is 51.4 Å². The molecule has 0 atom stereocenters. The second-order valence-electron chi connectivity index (χ2n) is 3.97. The standard InChI is InChI=1S/2C7H5NO4.Ge/c2*9-6(10)4-2-1-3-5(8-4)7(11)12;/h2*1-3H,(H,9,10)(H,11,12);/q;;+4/p-4. The Bertz CT molecular complexity index is 683. The maximum atomic E-state index is 10.2. The molecule has 11 heteroatoms. The summed E-state index contributed by atoms with van der Waals surface area (Å²) in [7, 11) is 0. The van der Waals surface area contributed by atoms with E-state index in [-0.39, 0.29) is 17.6 Å². The monoisotopic (exact) mass is 404 g/mol. The smallest absolute Gasteiger partial charge is 0.543 e. The van der Waals surface area contributed by atoms with E-state index >= 15 is 0 Å². The van der Waals surface area contributed by atoms with Gasteiger partial charge in [-0.3, -0.25) is 0 Å². The van der Waals surface area contributed by atoms with Gasteiger partial charge in [-0.15, -0.1) is 0 Å². The Kier molecular flexibility index (Phi) is 8.49. The van der Waals surface area contributed by atoms with Gasteiger partial charge in [0.25, 0.3) is 0 Å². The van der Waals surface area contributed by atoms with Gasteiger partial charge >= 0.3 is 17.6 Å². The summed E-state index contributed by atoms with van der Waals surface area (Å²) < 4.78 is 0. The Hall–Kier alpha value is -3.28. The van der Waals surface area contributed by atoms with Gasteiger partial charge < -0.3 is 39.6 Å². The van der Waals surface area contributed by atoms with Crippen LogP contribution < -0.4 is 20.4 Å². The third-order valence-corrected chi connectivity index (χ3v) is 2.33. The molecule has 0 aliphatic carbocycles. The van der Waals surface area contributed by atoms with Crippen molar-refractivity contribution < 1.29 is 39.6 Å². The first-order valence-corrected chi connectivity index (χ1v) is 6.02. The Morgan fingerprint density at radius 3 is 0.920 bits per heavy atom. The molecular weight excluding hydrogens is 397 g/mol. The number of pyridine rings is 2. The Morgan fingerprint density at radius 1 is 0.560 bits per heavy atom. The topological polar surface area (TPSA) is 186 Å². The van der Waals surface area contributed by atoms with Crippen molar-refractivity contribution in [2.45, 2.75) is 0 Å². The number of aromatic nitrogens is 2. The fourth-order valence-electron chi connectivity index (χ4n) is 1.32. The molecule has 0 radical (unpaired) electrons. The first kappa shape index (κ1) is 21.7. The Morgan fingerprint density at radius 2 is 0.760 bits per heavy atom. The van der Waals surface area contributed by atoms with Crippen LogP contribution in [0.1, 0.15) is 42.0 Å². The molecule has 0 aromatic carbocycles. The van der Waals surface area contributed by atoms with E-state index in [9.17, 15) is 39.6 Å². The van der Waals surface area contributed by atoms with Crippen LogP contribution in [0.15, 0.2) is 36.4 Å². The number of carbonyl (C=O) groups is 4. The molecule has 25 heavy (non-hydrogen) atoms. The Balaban J connectivity index is 0.000000443. The predicted octanol–water partition coefficient (Wildman–Crippen LogP) is -4.76. The van der Waals surface area contributed by atoms with Gasteiger partial charge in [-0.1, -0.05) is 12.1 Å². The molecule has 0 unspecified atom stereocenters. The number of hydrogen-bond acceptors (Lipinski definition) is 10. The van der Waals surface area contributed by atoms with E-state index in [2.05, 4.69) is 9.97 Å². The molecule has 10 nitrogen and oxygen atoms in total. The van der Waals surface area contributed by atoms with Gasteiger partial charge in [0, 0.05) is 0 Å². The van der Waals surface area contributed by atoms with Crippen LogP contribution in [0.2, 0.25) is 0 Å². The number of hydrogen-bond donors (Lipinski definition) is 0. The molecule has 0 spiro atoms. The molecule has 0 fully saturated rings. The van der Waals surface area contributed by atoms with Crippen LogP contribution in [0.3, 0.4) is 0 Å². The summed E-state index contributed by atoms with van der Waals surface area (Å²) in [6.07, 6.45) is 0. The van der Waals surface area contributed by atoms with Gasteiger partial charge in [-0.2, -0.15) is 0 Å². The average Bonchev–Trinajstić information content (AvgIpc) is 2.55. The van der Waals surface area contributed by atoms with E-state index in [1.54, 1.807) is 0 Å². The van der Waals surface area contributed by atoms with Gasteiger partial charge in [0.15, 0.2) is 0 Å². The number of aromatic carboxylic acids is 4. The molecule has 0 N–H and O–H groups in total. The molecule has 2 rings (SSSR count). The van der Waals surface area contributed by atoms with Crippen LogP contribution in [0.25, 0.3) is 0 Å². The van der Waals surface area contributed by atoms with Gasteiger partial charge in [0.05, 0.1) is 46.7 Å². The van der Waals surface area contributed by atoms with Crippen molar-refractivity contribution >= 4 is 41.5 Å². The van der Waals surface area contributed by atoms with E-state index in [0.29, 0.717) is 0 Å². The maximum absolute atomic E-state index is 10.2. The minimum absolute atomic E-state index is 0. The quantitative estimate of drug-likeness (QED) is 0.449. The summed E-state index contributed by atoms with van der Waals surface area (Å²) in [6, 6.07) is 7.07. The van der Waals surface area contributed by atoms with Crippen LogP contribution in [0, 0.1) is 0 Å². The largest absolute Gasteiger partial charge is 4.00 e. The molecular formula is C14H6GeN2O8. The molecule has 0 saturated heterocycles. The molecule has 0 aliphatic rings. The van der Waals surface area contributed by atoms with E-state index in [0.717, 1.165) is 24.3 Å². The summed E-state index contributed by atoms with van der Waals surface area (Å²) in [5, 5.41) is 40.8. The number of carboxylic acids is 4. The average molecular weight is 403 g/mol. The van der Waals surface area contributed by atoms with E-state index in [1.807, 2.05) is 0 Å². The minimum Gasteiger partial charge on any atom is -0.543 e.